The fraction of sp³-hybridized carbons (Fsp3) is 0.625. The second-order valence-corrected chi connectivity index (χ2v) is 3.06. The molecule has 0 aromatic rings. The van der Waals surface area contributed by atoms with E-state index in [1.54, 1.807) is 4.90 Å². The zero-order valence-corrected chi connectivity index (χ0v) is 6.13. The van der Waals surface area contributed by atoms with Crippen LogP contribution in [-0.2, 0) is 4.79 Å². The number of carbonyl (C=O) groups excluding carboxylic acids is 1. The zero-order valence-electron chi connectivity index (χ0n) is 6.13. The molecule has 2 heteroatoms. The third-order valence-electron chi connectivity index (χ3n) is 2.47. The molecule has 2 nitrogen and oxygen atoms in total. The Hall–Kier alpha value is -0.790. The largest absolute Gasteiger partial charge is 0.319 e. The molecule has 1 saturated heterocycles. The number of allylic oxidation sites excluding steroid dienone is 2. The van der Waals surface area contributed by atoms with Gasteiger partial charge in [0, 0.05) is 25.1 Å². The summed E-state index contributed by atoms with van der Waals surface area (Å²) in [4.78, 5) is 12.9. The van der Waals surface area contributed by atoms with Gasteiger partial charge in [-0.3, -0.25) is 4.79 Å². The van der Waals surface area contributed by atoms with Crippen molar-refractivity contribution in [2.24, 2.45) is 5.92 Å². The lowest BCUT2D eigenvalue weighted by Crippen LogP contribution is -2.16. The molecular weight excluding hydrogens is 126 g/mol. The standard InChI is InChI=1S/C8H11NO/c1-9-7-4-2-3-6(7)5-8(9)10/h4,6H,2-3,5H2,1H3. The molecule has 2 rings (SSSR count). The Morgan fingerprint density at radius 3 is 3.20 bits per heavy atom. The minimum Gasteiger partial charge on any atom is -0.319 e. The summed E-state index contributed by atoms with van der Waals surface area (Å²) in [5, 5.41) is 0. The molecule has 1 amide bonds. The van der Waals surface area contributed by atoms with E-state index in [1.807, 2.05) is 7.05 Å². The average Bonchev–Trinajstić information content (AvgIpc) is 2.41. The van der Waals surface area contributed by atoms with Crippen molar-refractivity contribution in [1.82, 2.24) is 4.90 Å². The minimum atomic E-state index is 0.288. The summed E-state index contributed by atoms with van der Waals surface area (Å²) < 4.78 is 0. The maximum Gasteiger partial charge on any atom is 0.227 e. The van der Waals surface area contributed by atoms with Gasteiger partial charge < -0.3 is 4.90 Å². The summed E-state index contributed by atoms with van der Waals surface area (Å²) in [6, 6.07) is 0. The van der Waals surface area contributed by atoms with E-state index >= 15 is 0 Å². The smallest absolute Gasteiger partial charge is 0.227 e. The number of amides is 1. The number of fused-ring (bicyclic) bond motifs is 1. The van der Waals surface area contributed by atoms with Crippen molar-refractivity contribution in [2.45, 2.75) is 19.3 Å². The molecule has 0 N–H and O–H groups in total. The average molecular weight is 137 g/mol. The number of nitrogens with zero attached hydrogens (tertiary/aromatic N) is 1. The van der Waals surface area contributed by atoms with Gasteiger partial charge in [0.2, 0.25) is 5.91 Å². The Balaban J connectivity index is 2.30. The first-order chi connectivity index (χ1) is 4.79. The Morgan fingerprint density at radius 1 is 1.70 bits per heavy atom. The Labute approximate surface area is 60.5 Å². The fourth-order valence-electron chi connectivity index (χ4n) is 1.86. The van der Waals surface area contributed by atoms with E-state index in [1.165, 1.54) is 12.1 Å². The molecule has 1 aliphatic carbocycles. The normalized spacial score (nSPS) is 30.9. The summed E-state index contributed by atoms with van der Waals surface area (Å²) in [6.45, 7) is 0. The molecule has 0 bridgehead atoms. The van der Waals surface area contributed by atoms with Crippen LogP contribution in [0.5, 0.6) is 0 Å². The van der Waals surface area contributed by atoms with Gasteiger partial charge in [-0.05, 0) is 12.8 Å². The van der Waals surface area contributed by atoms with E-state index in [0.29, 0.717) is 5.92 Å². The molecule has 1 unspecified atom stereocenters. The lowest BCUT2D eigenvalue weighted by Gasteiger charge is -2.09. The number of rotatable bonds is 0. The number of hydrogen-bond acceptors (Lipinski definition) is 1. The molecule has 1 atom stereocenters. The summed E-state index contributed by atoms with van der Waals surface area (Å²) >= 11 is 0. The lowest BCUT2D eigenvalue weighted by molar-refractivity contribution is -0.125. The molecule has 2 aliphatic rings. The second kappa shape index (κ2) is 1.84. The number of carbonyl (C=O) groups is 1. The van der Waals surface area contributed by atoms with Gasteiger partial charge in [-0.15, -0.1) is 0 Å². The highest BCUT2D eigenvalue weighted by molar-refractivity contribution is 5.81. The van der Waals surface area contributed by atoms with Gasteiger partial charge in [-0.1, -0.05) is 6.08 Å². The van der Waals surface area contributed by atoms with Crippen LogP contribution >= 0.6 is 0 Å². The summed E-state index contributed by atoms with van der Waals surface area (Å²) in [6.07, 6.45) is 5.29. The summed E-state index contributed by atoms with van der Waals surface area (Å²) in [5.74, 6) is 0.855. The highest BCUT2D eigenvalue weighted by Crippen LogP contribution is 2.36. The molecule has 10 heavy (non-hydrogen) atoms. The second-order valence-electron chi connectivity index (χ2n) is 3.06. The molecule has 0 spiro atoms. The maximum absolute atomic E-state index is 11.1. The van der Waals surface area contributed by atoms with E-state index in [4.69, 9.17) is 0 Å². The van der Waals surface area contributed by atoms with E-state index in [9.17, 15) is 4.79 Å². The molecule has 1 heterocycles. The van der Waals surface area contributed by atoms with Crippen LogP contribution in [-0.4, -0.2) is 17.9 Å². The van der Waals surface area contributed by atoms with Gasteiger partial charge in [0.1, 0.15) is 0 Å². The molecule has 0 saturated carbocycles. The Morgan fingerprint density at radius 2 is 2.50 bits per heavy atom. The molecular formula is C8H11NO. The van der Waals surface area contributed by atoms with Gasteiger partial charge >= 0.3 is 0 Å². The molecule has 1 aliphatic heterocycles. The monoisotopic (exact) mass is 137 g/mol. The van der Waals surface area contributed by atoms with Crippen LogP contribution < -0.4 is 0 Å². The lowest BCUT2D eigenvalue weighted by atomic mass is 10.1. The quantitative estimate of drug-likeness (QED) is 0.490. The van der Waals surface area contributed by atoms with Crippen molar-refractivity contribution in [3.05, 3.63) is 11.8 Å². The summed E-state index contributed by atoms with van der Waals surface area (Å²) in [5.41, 5.74) is 1.27. The third kappa shape index (κ3) is 0.618. The maximum atomic E-state index is 11.1. The van der Waals surface area contributed by atoms with Crippen LogP contribution in [0, 0.1) is 5.92 Å². The topological polar surface area (TPSA) is 20.3 Å². The molecule has 0 aromatic heterocycles. The number of hydrogen-bond donors (Lipinski definition) is 0. The van der Waals surface area contributed by atoms with E-state index in [2.05, 4.69) is 6.08 Å². The van der Waals surface area contributed by atoms with Crippen LogP contribution in [0.25, 0.3) is 0 Å². The van der Waals surface area contributed by atoms with Gasteiger partial charge in [-0.2, -0.15) is 0 Å². The first-order valence-corrected chi connectivity index (χ1v) is 3.75. The minimum absolute atomic E-state index is 0.288. The molecule has 0 radical (unpaired) electrons. The van der Waals surface area contributed by atoms with Gasteiger partial charge in [-0.25, -0.2) is 0 Å². The van der Waals surface area contributed by atoms with Crippen LogP contribution in [0.4, 0.5) is 0 Å². The predicted molar refractivity (Wildman–Crippen MR) is 38.2 cm³/mol. The van der Waals surface area contributed by atoms with Crippen molar-refractivity contribution >= 4 is 5.91 Å². The Kier molecular flexibility index (Phi) is 1.10. The first kappa shape index (κ1) is 5.96. The van der Waals surface area contributed by atoms with Crippen LogP contribution in [0.2, 0.25) is 0 Å². The zero-order chi connectivity index (χ0) is 7.14. The van der Waals surface area contributed by atoms with Crippen LogP contribution in [0.1, 0.15) is 19.3 Å². The van der Waals surface area contributed by atoms with Crippen molar-refractivity contribution in [2.75, 3.05) is 7.05 Å². The SMILES string of the molecule is CN1C(=O)CC2CCC=C21. The van der Waals surface area contributed by atoms with Crippen LogP contribution in [0.3, 0.4) is 0 Å². The van der Waals surface area contributed by atoms with E-state index in [-0.39, 0.29) is 5.91 Å². The van der Waals surface area contributed by atoms with Gasteiger partial charge in [0.05, 0.1) is 0 Å². The van der Waals surface area contributed by atoms with Crippen molar-refractivity contribution in [3.8, 4) is 0 Å². The van der Waals surface area contributed by atoms with E-state index < -0.39 is 0 Å². The van der Waals surface area contributed by atoms with Gasteiger partial charge in [0.15, 0.2) is 0 Å². The van der Waals surface area contributed by atoms with Crippen LogP contribution in [0.15, 0.2) is 11.8 Å². The Bertz CT molecular complexity index is 207. The molecule has 1 fully saturated rings. The third-order valence-corrected chi connectivity index (χ3v) is 2.47. The highest BCUT2D eigenvalue weighted by atomic mass is 16.2. The van der Waals surface area contributed by atoms with E-state index in [0.717, 1.165) is 12.8 Å². The first-order valence-electron chi connectivity index (χ1n) is 3.75. The highest BCUT2D eigenvalue weighted by Gasteiger charge is 2.34. The number of likely N-dealkylation sites (tertiary alicyclic amines) is 1. The van der Waals surface area contributed by atoms with Crippen molar-refractivity contribution in [3.63, 3.8) is 0 Å². The molecule has 54 valence electrons. The van der Waals surface area contributed by atoms with Crippen molar-refractivity contribution in [1.29, 1.82) is 0 Å². The fourth-order valence-corrected chi connectivity index (χ4v) is 1.86. The predicted octanol–water partition coefficient (Wildman–Crippen LogP) is 1.14. The molecule has 0 aromatic carbocycles. The van der Waals surface area contributed by atoms with Gasteiger partial charge in [0.25, 0.3) is 0 Å². The van der Waals surface area contributed by atoms with Crippen molar-refractivity contribution < 1.29 is 4.79 Å². The summed E-state index contributed by atoms with van der Waals surface area (Å²) in [7, 11) is 1.87.